The first-order valence-electron chi connectivity index (χ1n) is 8.51. The van der Waals surface area contributed by atoms with Gasteiger partial charge in [-0.05, 0) is 47.5 Å². The molecule has 0 spiro atoms. The van der Waals surface area contributed by atoms with Crippen molar-refractivity contribution in [1.82, 2.24) is 10.3 Å². The molecule has 3 rings (SSSR count). The summed E-state index contributed by atoms with van der Waals surface area (Å²) in [5.74, 6) is 0.242. The highest BCUT2D eigenvalue weighted by Crippen LogP contribution is 2.15. The summed E-state index contributed by atoms with van der Waals surface area (Å²) in [6.07, 6.45) is 6.68. The minimum atomic E-state index is -0.294. The van der Waals surface area contributed by atoms with Gasteiger partial charge in [-0.15, -0.1) is 0 Å². The van der Waals surface area contributed by atoms with Crippen LogP contribution in [0.15, 0.2) is 79.1 Å². The standard InChI is InChI=1S/C22H19FN2O2/c23-20-8-3-18(4-9-20)15-25-22(26)12-7-17-5-10-21(11-6-17)27-16-19-2-1-13-24-14-19/h1-14H,15-16H2,(H,25,26)/b12-7+. The van der Waals surface area contributed by atoms with Crippen LogP contribution in [0.2, 0.25) is 0 Å². The maximum atomic E-state index is 12.8. The summed E-state index contributed by atoms with van der Waals surface area (Å²) in [4.78, 5) is 15.9. The average Bonchev–Trinajstić information content (AvgIpc) is 2.72. The fraction of sp³-hybridized carbons (Fsp3) is 0.0909. The van der Waals surface area contributed by atoms with E-state index in [-0.39, 0.29) is 11.7 Å². The predicted molar refractivity (Wildman–Crippen MR) is 102 cm³/mol. The topological polar surface area (TPSA) is 51.2 Å². The SMILES string of the molecule is O=C(/C=C/c1ccc(OCc2cccnc2)cc1)NCc1ccc(F)cc1. The van der Waals surface area contributed by atoms with Gasteiger partial charge in [0, 0.05) is 30.6 Å². The first-order valence-corrected chi connectivity index (χ1v) is 8.51. The van der Waals surface area contributed by atoms with Crippen LogP contribution in [0.3, 0.4) is 0 Å². The van der Waals surface area contributed by atoms with Crippen molar-refractivity contribution in [3.8, 4) is 5.75 Å². The van der Waals surface area contributed by atoms with Gasteiger partial charge in [-0.3, -0.25) is 9.78 Å². The lowest BCUT2D eigenvalue weighted by Gasteiger charge is -2.06. The first kappa shape index (κ1) is 18.3. The molecular formula is C22H19FN2O2. The minimum absolute atomic E-state index is 0.212. The number of nitrogens with zero attached hydrogens (tertiary/aromatic N) is 1. The minimum Gasteiger partial charge on any atom is -0.489 e. The van der Waals surface area contributed by atoms with Crippen molar-refractivity contribution in [3.63, 3.8) is 0 Å². The number of benzene rings is 2. The molecule has 0 bridgehead atoms. The van der Waals surface area contributed by atoms with E-state index in [4.69, 9.17) is 4.74 Å². The van der Waals surface area contributed by atoms with Crippen molar-refractivity contribution in [2.24, 2.45) is 0 Å². The maximum Gasteiger partial charge on any atom is 0.244 e. The second-order valence-corrected chi connectivity index (χ2v) is 5.90. The molecule has 0 unspecified atom stereocenters. The number of hydrogen-bond acceptors (Lipinski definition) is 3. The molecule has 0 atom stereocenters. The molecule has 1 heterocycles. The summed E-state index contributed by atoms with van der Waals surface area (Å²) < 4.78 is 18.5. The Balaban J connectivity index is 1.46. The average molecular weight is 362 g/mol. The predicted octanol–water partition coefficient (Wildman–Crippen LogP) is 4.13. The Bertz CT molecular complexity index is 892. The van der Waals surface area contributed by atoms with Crippen molar-refractivity contribution in [1.29, 1.82) is 0 Å². The molecule has 0 saturated heterocycles. The zero-order chi connectivity index (χ0) is 18.9. The second-order valence-electron chi connectivity index (χ2n) is 5.90. The molecule has 0 aliphatic heterocycles. The van der Waals surface area contributed by atoms with Crippen LogP contribution in [-0.2, 0) is 17.9 Å². The van der Waals surface area contributed by atoms with Crippen LogP contribution in [0.5, 0.6) is 5.75 Å². The molecule has 0 aliphatic carbocycles. The van der Waals surface area contributed by atoms with Crippen LogP contribution in [-0.4, -0.2) is 10.9 Å². The lowest BCUT2D eigenvalue weighted by atomic mass is 10.2. The molecule has 0 aliphatic rings. The number of nitrogens with one attached hydrogen (secondary N) is 1. The number of pyridine rings is 1. The highest BCUT2D eigenvalue weighted by molar-refractivity contribution is 5.91. The molecule has 1 aromatic heterocycles. The number of hydrogen-bond donors (Lipinski definition) is 1. The van der Waals surface area contributed by atoms with Crippen LogP contribution < -0.4 is 10.1 Å². The van der Waals surface area contributed by atoms with Crippen LogP contribution >= 0.6 is 0 Å². The summed E-state index contributed by atoms with van der Waals surface area (Å²) in [5.41, 5.74) is 2.73. The lowest BCUT2D eigenvalue weighted by Crippen LogP contribution is -2.20. The van der Waals surface area contributed by atoms with E-state index in [1.165, 1.54) is 18.2 Å². The molecule has 1 amide bonds. The van der Waals surface area contributed by atoms with E-state index in [2.05, 4.69) is 10.3 Å². The highest BCUT2D eigenvalue weighted by Gasteiger charge is 1.99. The zero-order valence-corrected chi connectivity index (χ0v) is 14.6. The number of carbonyl (C=O) groups is 1. The molecule has 1 N–H and O–H groups in total. The van der Waals surface area contributed by atoms with Crippen LogP contribution in [0.25, 0.3) is 6.08 Å². The van der Waals surface area contributed by atoms with E-state index in [0.717, 1.165) is 22.4 Å². The van der Waals surface area contributed by atoms with Crippen LogP contribution in [0, 0.1) is 5.82 Å². The number of halogens is 1. The Hall–Kier alpha value is -3.47. The first-order chi connectivity index (χ1) is 13.2. The number of amides is 1. The van der Waals surface area contributed by atoms with Crippen molar-refractivity contribution >= 4 is 12.0 Å². The number of aromatic nitrogens is 1. The van der Waals surface area contributed by atoms with Gasteiger partial charge in [0.2, 0.25) is 5.91 Å². The Morgan fingerprint density at radius 3 is 2.52 bits per heavy atom. The second kappa shape index (κ2) is 9.29. The van der Waals surface area contributed by atoms with Crippen molar-refractivity contribution in [2.75, 3.05) is 0 Å². The molecule has 27 heavy (non-hydrogen) atoms. The molecule has 0 fully saturated rings. The molecule has 0 radical (unpaired) electrons. The third kappa shape index (κ3) is 6.08. The Labute approximate surface area is 157 Å². The fourth-order valence-electron chi connectivity index (χ4n) is 2.35. The van der Waals surface area contributed by atoms with Gasteiger partial charge in [0.25, 0.3) is 0 Å². The highest BCUT2D eigenvalue weighted by atomic mass is 19.1. The summed E-state index contributed by atoms with van der Waals surface area (Å²) in [7, 11) is 0. The third-order valence-electron chi connectivity index (χ3n) is 3.82. The number of carbonyl (C=O) groups excluding carboxylic acids is 1. The van der Waals surface area contributed by atoms with Gasteiger partial charge in [-0.25, -0.2) is 4.39 Å². The van der Waals surface area contributed by atoms with Gasteiger partial charge in [0.05, 0.1) is 0 Å². The fourth-order valence-corrected chi connectivity index (χ4v) is 2.35. The molecular weight excluding hydrogens is 343 g/mol. The quantitative estimate of drug-likeness (QED) is 0.643. The molecule has 0 saturated carbocycles. The molecule has 3 aromatic rings. The van der Waals surface area contributed by atoms with Crippen molar-refractivity contribution in [2.45, 2.75) is 13.2 Å². The van der Waals surface area contributed by atoms with Gasteiger partial charge in [0.1, 0.15) is 18.2 Å². The molecule has 136 valence electrons. The van der Waals surface area contributed by atoms with E-state index in [1.54, 1.807) is 30.6 Å². The van der Waals surface area contributed by atoms with Crippen molar-refractivity contribution < 1.29 is 13.9 Å². The van der Waals surface area contributed by atoms with E-state index in [0.29, 0.717) is 13.2 Å². The van der Waals surface area contributed by atoms with Crippen LogP contribution in [0.4, 0.5) is 4.39 Å². The normalized spacial score (nSPS) is 10.7. The summed E-state index contributed by atoms with van der Waals surface area (Å²) in [6.45, 7) is 0.805. The number of ether oxygens (including phenoxy) is 1. The van der Waals surface area contributed by atoms with Gasteiger partial charge >= 0.3 is 0 Å². The van der Waals surface area contributed by atoms with Gasteiger partial charge < -0.3 is 10.1 Å². The van der Waals surface area contributed by atoms with E-state index < -0.39 is 0 Å². The summed E-state index contributed by atoms with van der Waals surface area (Å²) in [6, 6.07) is 17.3. The van der Waals surface area contributed by atoms with Crippen molar-refractivity contribution in [3.05, 3.63) is 102 Å². The van der Waals surface area contributed by atoms with Gasteiger partial charge in [-0.1, -0.05) is 30.3 Å². The monoisotopic (exact) mass is 362 g/mol. The Morgan fingerprint density at radius 1 is 1.04 bits per heavy atom. The number of rotatable bonds is 7. The zero-order valence-electron chi connectivity index (χ0n) is 14.6. The summed E-state index contributed by atoms with van der Waals surface area (Å²) >= 11 is 0. The Morgan fingerprint density at radius 2 is 1.81 bits per heavy atom. The largest absolute Gasteiger partial charge is 0.489 e. The van der Waals surface area contributed by atoms with E-state index >= 15 is 0 Å². The lowest BCUT2D eigenvalue weighted by molar-refractivity contribution is -0.116. The molecule has 5 heteroatoms. The third-order valence-corrected chi connectivity index (χ3v) is 3.82. The smallest absolute Gasteiger partial charge is 0.244 e. The van der Waals surface area contributed by atoms with Gasteiger partial charge in [0.15, 0.2) is 0 Å². The summed E-state index contributed by atoms with van der Waals surface area (Å²) in [5, 5.41) is 2.76. The Kier molecular flexibility index (Phi) is 6.30. The maximum absolute atomic E-state index is 12.8. The molecule has 4 nitrogen and oxygen atoms in total. The van der Waals surface area contributed by atoms with E-state index in [1.807, 2.05) is 36.4 Å². The van der Waals surface area contributed by atoms with Crippen LogP contribution in [0.1, 0.15) is 16.7 Å². The van der Waals surface area contributed by atoms with E-state index in [9.17, 15) is 9.18 Å². The van der Waals surface area contributed by atoms with Gasteiger partial charge in [-0.2, -0.15) is 0 Å². The molecule has 2 aromatic carbocycles.